The van der Waals surface area contributed by atoms with Crippen LogP contribution in [-0.4, -0.2) is 29.5 Å². The van der Waals surface area contributed by atoms with Gasteiger partial charge in [-0.1, -0.05) is 6.07 Å². The van der Waals surface area contributed by atoms with E-state index in [2.05, 4.69) is 4.65 Å². The topological polar surface area (TPSA) is 69.9 Å². The maximum Gasteiger partial charge on any atom is 0.494 e. The van der Waals surface area contributed by atoms with E-state index in [1.807, 2.05) is 0 Å². The molecule has 3 N–H and O–H groups in total. The first-order valence-corrected chi connectivity index (χ1v) is 3.38. The zero-order valence-corrected chi connectivity index (χ0v) is 6.56. The lowest BCUT2D eigenvalue weighted by atomic mass is 9.79. The molecule has 0 aliphatic rings. The number of phenolic OH excluding ortho intramolecular Hbond substituents is 2. The highest BCUT2D eigenvalue weighted by atomic mass is 16.5. The van der Waals surface area contributed by atoms with Crippen molar-refractivity contribution in [1.29, 1.82) is 0 Å². The van der Waals surface area contributed by atoms with Crippen LogP contribution in [0.2, 0.25) is 0 Å². The first kappa shape index (κ1) is 8.90. The molecule has 1 rings (SSSR count). The molecule has 0 amide bonds. The van der Waals surface area contributed by atoms with Crippen LogP contribution in [0.15, 0.2) is 18.2 Å². The van der Waals surface area contributed by atoms with Gasteiger partial charge in [0.25, 0.3) is 0 Å². The highest BCUT2D eigenvalue weighted by molar-refractivity contribution is 6.61. The summed E-state index contributed by atoms with van der Waals surface area (Å²) in [5.74, 6) is -0.246. The highest BCUT2D eigenvalue weighted by Gasteiger charge is 2.18. The molecule has 0 fully saturated rings. The predicted molar refractivity (Wildman–Crippen MR) is 44.4 cm³/mol. The summed E-state index contributed by atoms with van der Waals surface area (Å²) in [5, 5.41) is 27.2. The Hall–Kier alpha value is -1.20. The summed E-state index contributed by atoms with van der Waals surface area (Å²) in [6, 6.07) is 3.88. The quantitative estimate of drug-likeness (QED) is 0.517. The van der Waals surface area contributed by atoms with Crippen LogP contribution in [0, 0.1) is 0 Å². The smallest absolute Gasteiger partial charge is 0.494 e. The van der Waals surface area contributed by atoms with Gasteiger partial charge in [0.2, 0.25) is 0 Å². The summed E-state index contributed by atoms with van der Waals surface area (Å²) in [6.07, 6.45) is 0. The van der Waals surface area contributed by atoms with Crippen molar-refractivity contribution in [3.8, 4) is 11.5 Å². The second-order valence-electron chi connectivity index (χ2n) is 2.33. The molecular formula is C7H9BO4. The van der Waals surface area contributed by atoms with Crippen LogP contribution in [0.3, 0.4) is 0 Å². The van der Waals surface area contributed by atoms with Crippen molar-refractivity contribution in [2.24, 2.45) is 0 Å². The molecule has 0 bridgehead atoms. The van der Waals surface area contributed by atoms with E-state index >= 15 is 0 Å². The van der Waals surface area contributed by atoms with Crippen LogP contribution in [0.1, 0.15) is 0 Å². The van der Waals surface area contributed by atoms with E-state index in [9.17, 15) is 5.11 Å². The SMILES string of the molecule is COB(O)c1ccc(O)cc1O. The molecule has 0 saturated heterocycles. The summed E-state index contributed by atoms with van der Waals surface area (Å²) in [5.41, 5.74) is 0.232. The van der Waals surface area contributed by atoms with E-state index in [1.165, 1.54) is 19.2 Å². The maximum atomic E-state index is 9.19. The van der Waals surface area contributed by atoms with Gasteiger partial charge < -0.3 is 19.9 Å². The Morgan fingerprint density at radius 2 is 2.00 bits per heavy atom. The van der Waals surface area contributed by atoms with Gasteiger partial charge in [-0.2, -0.15) is 0 Å². The summed E-state index contributed by atoms with van der Waals surface area (Å²) >= 11 is 0. The van der Waals surface area contributed by atoms with Gasteiger partial charge in [0.15, 0.2) is 0 Å². The standard InChI is InChI=1S/C7H9BO4/c1-12-8(11)6-3-2-5(9)4-7(6)10/h2-4,9-11H,1H3. The largest absolute Gasteiger partial charge is 0.508 e. The van der Waals surface area contributed by atoms with E-state index in [-0.39, 0.29) is 17.0 Å². The Bertz CT molecular complexity index is 276. The first-order valence-electron chi connectivity index (χ1n) is 3.38. The molecule has 0 spiro atoms. The zero-order chi connectivity index (χ0) is 9.14. The fourth-order valence-corrected chi connectivity index (χ4v) is 0.868. The van der Waals surface area contributed by atoms with Crippen LogP contribution in [0.4, 0.5) is 0 Å². The molecule has 1 aromatic rings. The van der Waals surface area contributed by atoms with Crippen molar-refractivity contribution in [2.75, 3.05) is 7.11 Å². The average molecular weight is 168 g/mol. The van der Waals surface area contributed by atoms with Crippen molar-refractivity contribution in [1.82, 2.24) is 0 Å². The Balaban J connectivity index is 3.01. The van der Waals surface area contributed by atoms with E-state index in [0.717, 1.165) is 6.07 Å². The minimum Gasteiger partial charge on any atom is -0.508 e. The third-order valence-corrected chi connectivity index (χ3v) is 1.50. The lowest BCUT2D eigenvalue weighted by molar-refractivity contribution is 0.339. The minimum atomic E-state index is -1.16. The van der Waals surface area contributed by atoms with E-state index < -0.39 is 7.12 Å². The van der Waals surface area contributed by atoms with Gasteiger partial charge in [-0.3, -0.25) is 0 Å². The maximum absolute atomic E-state index is 9.19. The summed E-state index contributed by atoms with van der Waals surface area (Å²) in [6.45, 7) is 0. The first-order chi connectivity index (χ1) is 5.65. The lowest BCUT2D eigenvalue weighted by Crippen LogP contribution is -2.32. The fourth-order valence-electron chi connectivity index (χ4n) is 0.868. The number of rotatable bonds is 2. The van der Waals surface area contributed by atoms with E-state index in [0.29, 0.717) is 0 Å². The molecule has 0 aromatic heterocycles. The average Bonchev–Trinajstić information content (AvgIpc) is 2.03. The normalized spacial score (nSPS) is 9.83. The van der Waals surface area contributed by atoms with Crippen molar-refractivity contribution in [3.05, 3.63) is 18.2 Å². The highest BCUT2D eigenvalue weighted by Crippen LogP contribution is 2.14. The van der Waals surface area contributed by atoms with Gasteiger partial charge in [0.1, 0.15) is 11.5 Å². The fraction of sp³-hybridized carbons (Fsp3) is 0.143. The van der Waals surface area contributed by atoms with Crippen LogP contribution >= 0.6 is 0 Å². The van der Waals surface area contributed by atoms with Gasteiger partial charge in [0, 0.05) is 18.6 Å². The number of hydrogen-bond acceptors (Lipinski definition) is 4. The molecule has 0 atom stereocenters. The van der Waals surface area contributed by atoms with Crippen molar-refractivity contribution < 1.29 is 19.9 Å². The molecule has 0 unspecified atom stereocenters. The second kappa shape index (κ2) is 3.47. The Morgan fingerprint density at radius 3 is 2.50 bits per heavy atom. The van der Waals surface area contributed by atoms with E-state index in [1.54, 1.807) is 0 Å². The number of hydrogen-bond donors (Lipinski definition) is 3. The zero-order valence-electron chi connectivity index (χ0n) is 6.56. The molecule has 0 aliphatic heterocycles. The van der Waals surface area contributed by atoms with Gasteiger partial charge in [-0.15, -0.1) is 0 Å². The summed E-state index contributed by atoms with van der Waals surface area (Å²) in [4.78, 5) is 0. The number of aromatic hydroxyl groups is 2. The number of phenols is 2. The molecule has 0 heterocycles. The van der Waals surface area contributed by atoms with Gasteiger partial charge in [-0.25, -0.2) is 0 Å². The molecule has 12 heavy (non-hydrogen) atoms. The van der Waals surface area contributed by atoms with Crippen molar-refractivity contribution >= 4 is 12.6 Å². The van der Waals surface area contributed by atoms with Crippen molar-refractivity contribution in [2.45, 2.75) is 0 Å². The van der Waals surface area contributed by atoms with Crippen LogP contribution in [-0.2, 0) is 4.65 Å². The molecule has 4 nitrogen and oxygen atoms in total. The molecular weight excluding hydrogens is 159 g/mol. The molecule has 0 aliphatic carbocycles. The molecule has 64 valence electrons. The Morgan fingerprint density at radius 1 is 1.33 bits per heavy atom. The minimum absolute atomic E-state index is 0.0560. The molecule has 0 radical (unpaired) electrons. The third-order valence-electron chi connectivity index (χ3n) is 1.50. The summed E-state index contributed by atoms with van der Waals surface area (Å²) < 4.78 is 4.57. The van der Waals surface area contributed by atoms with Crippen molar-refractivity contribution in [3.63, 3.8) is 0 Å². The molecule has 1 aromatic carbocycles. The molecule has 0 saturated carbocycles. The van der Waals surface area contributed by atoms with Crippen LogP contribution in [0.25, 0.3) is 0 Å². The number of benzene rings is 1. The van der Waals surface area contributed by atoms with Gasteiger partial charge in [0.05, 0.1) is 0 Å². The monoisotopic (exact) mass is 168 g/mol. The molecule has 5 heteroatoms. The predicted octanol–water partition coefficient (Wildman–Crippen LogP) is -0.568. The Labute approximate surface area is 70.2 Å². The van der Waals surface area contributed by atoms with Crippen LogP contribution in [0.5, 0.6) is 11.5 Å². The Kier molecular flexibility index (Phi) is 2.57. The van der Waals surface area contributed by atoms with Crippen LogP contribution < -0.4 is 5.46 Å². The van der Waals surface area contributed by atoms with Gasteiger partial charge >= 0.3 is 7.12 Å². The van der Waals surface area contributed by atoms with Gasteiger partial charge in [-0.05, 0) is 6.07 Å². The lowest BCUT2D eigenvalue weighted by Gasteiger charge is -2.05. The second-order valence-corrected chi connectivity index (χ2v) is 2.33. The summed E-state index contributed by atoms with van der Waals surface area (Å²) in [7, 11) is 0.155. The van der Waals surface area contributed by atoms with E-state index in [4.69, 9.17) is 10.1 Å². The third kappa shape index (κ3) is 1.69.